The van der Waals surface area contributed by atoms with E-state index in [0.717, 1.165) is 49.8 Å². The van der Waals surface area contributed by atoms with E-state index in [2.05, 4.69) is 22.5 Å². The van der Waals surface area contributed by atoms with Gasteiger partial charge in [-0.25, -0.2) is 0 Å². The fourth-order valence-electron chi connectivity index (χ4n) is 4.48. The van der Waals surface area contributed by atoms with Gasteiger partial charge in [0.05, 0.1) is 0 Å². The molecule has 2 aliphatic heterocycles. The Hall–Kier alpha value is -2.69. The lowest BCUT2D eigenvalue weighted by Gasteiger charge is -2.29. The summed E-state index contributed by atoms with van der Waals surface area (Å²) >= 11 is 0. The Balaban J connectivity index is 1.31. The van der Waals surface area contributed by atoms with Crippen molar-refractivity contribution in [3.63, 3.8) is 0 Å². The molecule has 30 heavy (non-hydrogen) atoms. The third kappa shape index (κ3) is 4.55. The van der Waals surface area contributed by atoms with E-state index in [1.807, 2.05) is 12.1 Å². The highest BCUT2D eigenvalue weighted by atomic mass is 16.2. The molecule has 0 bridgehead atoms. The van der Waals surface area contributed by atoms with Gasteiger partial charge < -0.3 is 16.0 Å². The molecule has 4 rings (SSSR count). The van der Waals surface area contributed by atoms with Crippen LogP contribution in [0.5, 0.6) is 0 Å². The molecule has 1 unspecified atom stereocenters. The molecule has 158 valence electrons. The predicted molar refractivity (Wildman–Crippen MR) is 112 cm³/mol. The maximum Gasteiger partial charge on any atom is 0.255 e. The van der Waals surface area contributed by atoms with Crippen molar-refractivity contribution in [3.05, 3.63) is 34.9 Å². The summed E-state index contributed by atoms with van der Waals surface area (Å²) in [7, 11) is 0. The molecule has 2 fully saturated rings. The monoisotopic (exact) mass is 408 g/mol. The first-order valence-electron chi connectivity index (χ1n) is 10.8. The zero-order valence-electron chi connectivity index (χ0n) is 17.1. The van der Waals surface area contributed by atoms with E-state index in [-0.39, 0.29) is 24.1 Å². The highest BCUT2D eigenvalue weighted by Crippen LogP contribution is 2.28. The van der Waals surface area contributed by atoms with Crippen LogP contribution < -0.4 is 16.4 Å². The number of hydrogen-bond acceptors (Lipinski definition) is 5. The summed E-state index contributed by atoms with van der Waals surface area (Å²) in [6, 6.07) is 5.90. The third-order valence-corrected chi connectivity index (χ3v) is 6.21. The quantitative estimate of drug-likeness (QED) is 0.392. The summed E-state index contributed by atoms with van der Waals surface area (Å²) in [5.74, 6) is 5.56. The topological polar surface area (TPSA) is 105 Å². The molecule has 0 radical (unpaired) electrons. The fourth-order valence-corrected chi connectivity index (χ4v) is 4.48. The maximum atomic E-state index is 12.7. The number of carbonyl (C=O) groups is 3. The van der Waals surface area contributed by atoms with E-state index in [0.29, 0.717) is 30.6 Å². The molecule has 7 nitrogen and oxygen atoms in total. The molecule has 1 aliphatic carbocycles. The summed E-state index contributed by atoms with van der Waals surface area (Å²) < 4.78 is 0. The van der Waals surface area contributed by atoms with Gasteiger partial charge in [0.2, 0.25) is 11.8 Å². The zero-order chi connectivity index (χ0) is 21.1. The Bertz CT molecular complexity index is 909. The van der Waals surface area contributed by atoms with Crippen LogP contribution in [0.25, 0.3) is 0 Å². The van der Waals surface area contributed by atoms with Gasteiger partial charge in [-0.3, -0.25) is 19.7 Å². The maximum absolute atomic E-state index is 12.7. The number of benzene rings is 1. The predicted octanol–water partition coefficient (Wildman–Crippen LogP) is 1.05. The van der Waals surface area contributed by atoms with Crippen LogP contribution in [0.4, 0.5) is 0 Å². The summed E-state index contributed by atoms with van der Waals surface area (Å²) in [6.07, 6.45) is 5.85. The van der Waals surface area contributed by atoms with Crippen LogP contribution in [-0.2, 0) is 16.1 Å². The molecule has 0 aromatic heterocycles. The van der Waals surface area contributed by atoms with Crippen molar-refractivity contribution in [1.29, 1.82) is 0 Å². The van der Waals surface area contributed by atoms with E-state index >= 15 is 0 Å². The van der Waals surface area contributed by atoms with Crippen LogP contribution in [0, 0.1) is 11.8 Å². The first kappa shape index (κ1) is 20.6. The van der Waals surface area contributed by atoms with Crippen LogP contribution in [-0.4, -0.2) is 47.3 Å². The Labute approximate surface area is 176 Å². The lowest BCUT2D eigenvalue weighted by Crippen LogP contribution is -2.52. The zero-order valence-corrected chi connectivity index (χ0v) is 17.1. The highest BCUT2D eigenvalue weighted by molar-refractivity contribution is 6.05. The van der Waals surface area contributed by atoms with Gasteiger partial charge in [-0.2, -0.15) is 0 Å². The molecular weight excluding hydrogens is 380 g/mol. The van der Waals surface area contributed by atoms with Crippen molar-refractivity contribution >= 4 is 17.7 Å². The highest BCUT2D eigenvalue weighted by Gasteiger charge is 2.38. The third-order valence-electron chi connectivity index (χ3n) is 6.21. The molecule has 4 N–H and O–H groups in total. The number of piperidine rings is 1. The Kier molecular flexibility index (Phi) is 6.16. The first-order chi connectivity index (χ1) is 14.5. The van der Waals surface area contributed by atoms with Crippen molar-refractivity contribution in [2.24, 2.45) is 5.73 Å². The molecule has 0 spiro atoms. The van der Waals surface area contributed by atoms with E-state index in [1.54, 1.807) is 11.0 Å². The minimum atomic E-state index is -0.586. The number of nitrogens with zero attached hydrogens (tertiary/aromatic N) is 1. The number of imide groups is 1. The van der Waals surface area contributed by atoms with E-state index < -0.39 is 6.04 Å². The van der Waals surface area contributed by atoms with Crippen molar-refractivity contribution in [3.8, 4) is 11.8 Å². The van der Waals surface area contributed by atoms with E-state index in [9.17, 15) is 14.4 Å². The van der Waals surface area contributed by atoms with Gasteiger partial charge in [0.15, 0.2) is 0 Å². The summed E-state index contributed by atoms with van der Waals surface area (Å²) in [5.41, 5.74) is 8.31. The minimum absolute atomic E-state index is 0.157. The first-order valence-corrected chi connectivity index (χ1v) is 10.8. The lowest BCUT2D eigenvalue weighted by atomic mass is 9.92. The Morgan fingerprint density at radius 1 is 1.13 bits per heavy atom. The van der Waals surface area contributed by atoms with Crippen molar-refractivity contribution in [1.82, 2.24) is 15.5 Å². The second kappa shape index (κ2) is 8.99. The van der Waals surface area contributed by atoms with Crippen LogP contribution in [0.3, 0.4) is 0 Å². The van der Waals surface area contributed by atoms with Crippen LogP contribution in [0.2, 0.25) is 0 Å². The van der Waals surface area contributed by atoms with Crippen molar-refractivity contribution in [2.75, 3.05) is 6.54 Å². The number of carbonyl (C=O) groups excluding carboxylic acids is 3. The largest absolute Gasteiger partial charge is 0.328 e. The van der Waals surface area contributed by atoms with Crippen LogP contribution in [0.15, 0.2) is 18.2 Å². The second-order valence-electron chi connectivity index (χ2n) is 8.39. The normalized spacial score (nSPS) is 26.1. The van der Waals surface area contributed by atoms with Crippen molar-refractivity contribution < 1.29 is 14.4 Å². The van der Waals surface area contributed by atoms with Crippen LogP contribution in [0.1, 0.15) is 66.4 Å². The van der Waals surface area contributed by atoms with Gasteiger partial charge in [-0.05, 0) is 55.9 Å². The Morgan fingerprint density at radius 2 is 1.93 bits per heavy atom. The summed E-state index contributed by atoms with van der Waals surface area (Å²) in [5, 5.41) is 5.88. The molecule has 2 heterocycles. The number of nitrogens with two attached hydrogens (primary N) is 1. The van der Waals surface area contributed by atoms with E-state index in [4.69, 9.17) is 5.73 Å². The molecule has 3 amide bonds. The number of rotatable bonds is 4. The average molecular weight is 409 g/mol. The summed E-state index contributed by atoms with van der Waals surface area (Å²) in [6.45, 7) is 1.24. The molecule has 1 atom stereocenters. The molecule has 7 heteroatoms. The van der Waals surface area contributed by atoms with Gasteiger partial charge in [0.1, 0.15) is 6.04 Å². The Morgan fingerprint density at radius 3 is 2.70 bits per heavy atom. The van der Waals surface area contributed by atoms with Crippen molar-refractivity contribution in [2.45, 2.75) is 69.6 Å². The van der Waals surface area contributed by atoms with Gasteiger partial charge in [-0.15, -0.1) is 0 Å². The number of hydrogen-bond donors (Lipinski definition) is 3. The fraction of sp³-hybridized carbons (Fsp3) is 0.522. The molecule has 1 saturated carbocycles. The number of nitrogens with one attached hydrogen (secondary N) is 2. The van der Waals surface area contributed by atoms with Gasteiger partial charge >= 0.3 is 0 Å². The standard InChI is InChI=1S/C23H28N4O3/c24-17-5-7-18(8-6-17)25-12-2-1-3-15-4-9-19-16(13-15)14-27(23(19)30)20-10-11-21(28)26-22(20)29/h4,9,13,17-18,20,25H,2,5-8,10-12,14,24H2,(H,26,28,29)/t17-,18+,20?. The molecular formula is C23H28N4O3. The minimum Gasteiger partial charge on any atom is -0.328 e. The SMILES string of the molecule is N[C@H]1CC[C@@H](NCCC#Cc2ccc3c(c2)CN(C2CCC(=O)NC2=O)C3=O)CC1. The number of amides is 3. The van der Waals surface area contributed by atoms with Gasteiger partial charge in [0, 0.05) is 49.1 Å². The molecule has 1 saturated heterocycles. The van der Waals surface area contributed by atoms with Crippen LogP contribution >= 0.6 is 0 Å². The van der Waals surface area contributed by atoms with Gasteiger partial charge in [0.25, 0.3) is 5.91 Å². The second-order valence-corrected chi connectivity index (χ2v) is 8.39. The number of fused-ring (bicyclic) bond motifs is 1. The average Bonchev–Trinajstić information content (AvgIpc) is 3.05. The van der Waals surface area contributed by atoms with E-state index in [1.165, 1.54) is 0 Å². The summed E-state index contributed by atoms with van der Waals surface area (Å²) in [4.78, 5) is 37.8. The lowest BCUT2D eigenvalue weighted by molar-refractivity contribution is -0.136. The van der Waals surface area contributed by atoms with Gasteiger partial charge in [-0.1, -0.05) is 11.8 Å². The smallest absolute Gasteiger partial charge is 0.255 e. The molecule has 3 aliphatic rings. The molecule has 1 aromatic rings. The molecule has 1 aromatic carbocycles.